The molecule has 0 aliphatic rings. The van der Waals surface area contributed by atoms with Crippen LogP contribution in [0.3, 0.4) is 0 Å². The van der Waals surface area contributed by atoms with Gasteiger partial charge in [0.1, 0.15) is 11.8 Å². The molecule has 1 aromatic carbocycles. The van der Waals surface area contributed by atoms with Crippen LogP contribution in [0, 0.1) is 13.8 Å². The fourth-order valence-corrected chi connectivity index (χ4v) is 2.70. The first kappa shape index (κ1) is 18.8. The van der Waals surface area contributed by atoms with Crippen molar-refractivity contribution in [3.8, 4) is 5.75 Å². The van der Waals surface area contributed by atoms with Gasteiger partial charge >= 0.3 is 5.97 Å². The normalized spacial score (nSPS) is 12.0. The van der Waals surface area contributed by atoms with Gasteiger partial charge < -0.3 is 14.8 Å². The molecule has 22 heavy (non-hydrogen) atoms. The number of carbonyl (C=O) groups is 1. The molecular weight excluding hydrogens is 298 g/mol. The van der Waals surface area contributed by atoms with E-state index in [1.807, 2.05) is 12.3 Å². The highest BCUT2D eigenvalue weighted by Gasteiger charge is 2.17. The third-order valence-corrected chi connectivity index (χ3v) is 4.11. The molecule has 0 fully saturated rings. The van der Waals surface area contributed by atoms with Crippen molar-refractivity contribution in [3.05, 3.63) is 29.3 Å². The first-order valence-electron chi connectivity index (χ1n) is 7.59. The lowest BCUT2D eigenvalue weighted by molar-refractivity contribution is -0.143. The SMILES string of the molecule is COC(=O)[C@H](CCSC)NCCCOc1c(C)cccc1C. The lowest BCUT2D eigenvalue weighted by atomic mass is 10.1. The molecule has 1 N–H and O–H groups in total. The van der Waals surface area contributed by atoms with Crippen LogP contribution in [0.4, 0.5) is 0 Å². The summed E-state index contributed by atoms with van der Waals surface area (Å²) in [5.74, 6) is 1.71. The molecule has 0 bridgehead atoms. The third-order valence-electron chi connectivity index (χ3n) is 3.46. The minimum Gasteiger partial charge on any atom is -0.493 e. The topological polar surface area (TPSA) is 47.6 Å². The van der Waals surface area contributed by atoms with E-state index in [4.69, 9.17) is 9.47 Å². The summed E-state index contributed by atoms with van der Waals surface area (Å²) in [6, 6.07) is 5.91. The van der Waals surface area contributed by atoms with E-state index in [1.165, 1.54) is 7.11 Å². The van der Waals surface area contributed by atoms with Gasteiger partial charge in [-0.2, -0.15) is 11.8 Å². The number of hydrogen-bond donors (Lipinski definition) is 1. The van der Waals surface area contributed by atoms with Gasteiger partial charge in [-0.25, -0.2) is 0 Å². The lowest BCUT2D eigenvalue weighted by Gasteiger charge is -2.16. The van der Waals surface area contributed by atoms with Crippen molar-refractivity contribution < 1.29 is 14.3 Å². The van der Waals surface area contributed by atoms with Gasteiger partial charge in [-0.3, -0.25) is 4.79 Å². The Labute approximate surface area is 138 Å². The van der Waals surface area contributed by atoms with Crippen molar-refractivity contribution in [1.82, 2.24) is 5.32 Å². The largest absolute Gasteiger partial charge is 0.493 e. The van der Waals surface area contributed by atoms with E-state index in [0.29, 0.717) is 6.61 Å². The Morgan fingerprint density at radius 2 is 2.00 bits per heavy atom. The average molecular weight is 325 g/mol. The highest BCUT2D eigenvalue weighted by atomic mass is 32.2. The summed E-state index contributed by atoms with van der Waals surface area (Å²) in [6.07, 6.45) is 3.67. The predicted octanol–water partition coefficient (Wildman–Crippen LogP) is 2.96. The molecule has 0 spiro atoms. The molecule has 0 aliphatic carbocycles. The van der Waals surface area contributed by atoms with Crippen molar-refractivity contribution >= 4 is 17.7 Å². The molecule has 0 saturated heterocycles. The Kier molecular flexibility index (Phi) is 9.01. The van der Waals surface area contributed by atoms with Gasteiger partial charge in [0, 0.05) is 0 Å². The van der Waals surface area contributed by atoms with Gasteiger partial charge in [0.05, 0.1) is 13.7 Å². The number of benzene rings is 1. The second kappa shape index (κ2) is 10.5. The van der Waals surface area contributed by atoms with Gasteiger partial charge in [-0.05, 0) is 56.4 Å². The standard InChI is InChI=1S/C17H27NO3S/c1-13-7-5-8-14(2)16(13)21-11-6-10-18-15(9-12-22-4)17(19)20-3/h5,7-8,15,18H,6,9-12H2,1-4H3/t15-/m0/s1. The summed E-state index contributed by atoms with van der Waals surface area (Å²) in [4.78, 5) is 11.7. The molecule has 0 aromatic heterocycles. The fraction of sp³-hybridized carbons (Fsp3) is 0.588. The Morgan fingerprint density at radius 3 is 2.59 bits per heavy atom. The van der Waals surface area contributed by atoms with E-state index in [9.17, 15) is 4.79 Å². The van der Waals surface area contributed by atoms with Crippen LogP contribution in [0.1, 0.15) is 24.0 Å². The summed E-state index contributed by atoms with van der Waals surface area (Å²) in [5.41, 5.74) is 2.31. The minimum atomic E-state index is -0.224. The van der Waals surface area contributed by atoms with Crippen LogP contribution >= 0.6 is 11.8 Å². The summed E-state index contributed by atoms with van der Waals surface area (Å²) < 4.78 is 10.7. The molecule has 0 heterocycles. The van der Waals surface area contributed by atoms with Crippen LogP contribution in [-0.2, 0) is 9.53 Å². The van der Waals surface area contributed by atoms with Gasteiger partial charge in [-0.1, -0.05) is 18.2 Å². The highest BCUT2D eigenvalue weighted by Crippen LogP contribution is 2.22. The Morgan fingerprint density at radius 1 is 1.32 bits per heavy atom. The molecule has 5 heteroatoms. The number of carbonyl (C=O) groups excluding carboxylic acids is 1. The number of para-hydroxylation sites is 1. The van der Waals surface area contributed by atoms with E-state index in [0.717, 1.165) is 42.0 Å². The monoisotopic (exact) mass is 325 g/mol. The zero-order chi connectivity index (χ0) is 16.4. The van der Waals surface area contributed by atoms with Crippen molar-refractivity contribution in [2.75, 3.05) is 32.3 Å². The molecule has 0 amide bonds. The molecule has 1 aromatic rings. The lowest BCUT2D eigenvalue weighted by Crippen LogP contribution is -2.39. The molecule has 0 aliphatic heterocycles. The molecule has 0 saturated carbocycles. The van der Waals surface area contributed by atoms with Crippen LogP contribution in [0.25, 0.3) is 0 Å². The van der Waals surface area contributed by atoms with Crippen molar-refractivity contribution in [3.63, 3.8) is 0 Å². The van der Waals surface area contributed by atoms with Crippen molar-refractivity contribution in [1.29, 1.82) is 0 Å². The van der Waals surface area contributed by atoms with E-state index in [1.54, 1.807) is 11.8 Å². The summed E-state index contributed by atoms with van der Waals surface area (Å²) in [7, 11) is 1.43. The maximum Gasteiger partial charge on any atom is 0.322 e. The number of thioether (sulfide) groups is 1. The Hall–Kier alpha value is -1.20. The average Bonchev–Trinajstić information content (AvgIpc) is 2.51. The zero-order valence-corrected chi connectivity index (χ0v) is 14.8. The van der Waals surface area contributed by atoms with E-state index in [2.05, 4.69) is 31.3 Å². The van der Waals surface area contributed by atoms with Crippen LogP contribution in [-0.4, -0.2) is 44.3 Å². The maximum atomic E-state index is 11.7. The van der Waals surface area contributed by atoms with Crippen molar-refractivity contribution in [2.45, 2.75) is 32.7 Å². The Bertz CT molecular complexity index is 445. The molecular formula is C17H27NO3S. The minimum absolute atomic E-state index is 0.190. The first-order valence-corrected chi connectivity index (χ1v) is 8.98. The summed E-state index contributed by atoms with van der Waals surface area (Å²) in [5, 5.41) is 3.25. The van der Waals surface area contributed by atoms with E-state index < -0.39 is 0 Å². The summed E-state index contributed by atoms with van der Waals surface area (Å²) >= 11 is 1.73. The number of nitrogens with one attached hydrogen (secondary N) is 1. The van der Waals surface area contributed by atoms with E-state index >= 15 is 0 Å². The molecule has 1 atom stereocenters. The highest BCUT2D eigenvalue weighted by molar-refractivity contribution is 7.98. The number of hydrogen-bond acceptors (Lipinski definition) is 5. The van der Waals surface area contributed by atoms with Gasteiger partial charge in [0.2, 0.25) is 0 Å². The quantitative estimate of drug-likeness (QED) is 0.529. The molecule has 0 unspecified atom stereocenters. The Balaban J connectivity index is 2.32. The molecule has 124 valence electrons. The van der Waals surface area contributed by atoms with Crippen molar-refractivity contribution in [2.24, 2.45) is 0 Å². The van der Waals surface area contributed by atoms with Gasteiger partial charge in [0.25, 0.3) is 0 Å². The second-order valence-electron chi connectivity index (χ2n) is 5.23. The van der Waals surface area contributed by atoms with Crippen LogP contribution in [0.2, 0.25) is 0 Å². The number of rotatable bonds is 10. The fourth-order valence-electron chi connectivity index (χ4n) is 2.23. The number of ether oxygens (including phenoxy) is 2. The van der Waals surface area contributed by atoms with E-state index in [-0.39, 0.29) is 12.0 Å². The van der Waals surface area contributed by atoms with Gasteiger partial charge in [-0.15, -0.1) is 0 Å². The molecule has 1 rings (SSSR count). The summed E-state index contributed by atoms with van der Waals surface area (Å²) in [6.45, 7) is 5.47. The zero-order valence-electron chi connectivity index (χ0n) is 14.0. The first-order chi connectivity index (χ1) is 10.6. The van der Waals surface area contributed by atoms with Crippen LogP contribution in [0.5, 0.6) is 5.75 Å². The number of methoxy groups -OCH3 is 1. The predicted molar refractivity (Wildman–Crippen MR) is 92.8 cm³/mol. The molecule has 4 nitrogen and oxygen atoms in total. The van der Waals surface area contributed by atoms with Crippen LogP contribution < -0.4 is 10.1 Å². The molecule has 0 radical (unpaired) electrons. The second-order valence-corrected chi connectivity index (χ2v) is 6.22. The van der Waals surface area contributed by atoms with Gasteiger partial charge in [0.15, 0.2) is 0 Å². The van der Waals surface area contributed by atoms with Crippen LogP contribution in [0.15, 0.2) is 18.2 Å². The third kappa shape index (κ3) is 6.28. The smallest absolute Gasteiger partial charge is 0.322 e. The number of aryl methyl sites for hydroxylation is 2. The maximum absolute atomic E-state index is 11.7. The number of esters is 1.